The lowest BCUT2D eigenvalue weighted by atomic mass is 10.0. The number of benzene rings is 2. The van der Waals surface area contributed by atoms with E-state index in [1.54, 1.807) is 30.5 Å². The minimum Gasteiger partial charge on any atom is -0.267 e. The van der Waals surface area contributed by atoms with Crippen LogP contribution in [0.25, 0.3) is 0 Å². The zero-order valence-corrected chi connectivity index (χ0v) is 12.8. The van der Waals surface area contributed by atoms with E-state index in [0.29, 0.717) is 16.5 Å². The van der Waals surface area contributed by atoms with Crippen LogP contribution in [-0.2, 0) is 0 Å². The molecule has 0 aromatic heterocycles. The first-order valence-corrected chi connectivity index (χ1v) is 7.13. The highest BCUT2D eigenvalue weighted by atomic mass is 35.5. The molecule has 2 rings (SSSR count). The molecule has 3 nitrogen and oxygen atoms in total. The molecule has 0 aliphatic carbocycles. The summed E-state index contributed by atoms with van der Waals surface area (Å²) in [5, 5.41) is 4.55. The highest BCUT2D eigenvalue weighted by molar-refractivity contribution is 6.30. The molecule has 108 valence electrons. The van der Waals surface area contributed by atoms with Crippen molar-refractivity contribution >= 4 is 23.7 Å². The zero-order valence-electron chi connectivity index (χ0n) is 12.0. The van der Waals surface area contributed by atoms with Crippen molar-refractivity contribution in [3.63, 3.8) is 0 Å². The predicted molar refractivity (Wildman–Crippen MR) is 87.0 cm³/mol. The average molecular weight is 301 g/mol. The predicted octanol–water partition coefficient (Wildman–Crippen LogP) is 4.23. The van der Waals surface area contributed by atoms with E-state index in [1.165, 1.54) is 5.56 Å². The Morgan fingerprint density at radius 3 is 2.29 bits per heavy atom. The first kappa shape index (κ1) is 15.3. The number of hydrazone groups is 1. The number of amides is 1. The van der Waals surface area contributed by atoms with E-state index >= 15 is 0 Å². The Kier molecular flexibility index (Phi) is 5.12. The third kappa shape index (κ3) is 4.43. The van der Waals surface area contributed by atoms with Crippen LogP contribution in [0.15, 0.2) is 53.6 Å². The minimum absolute atomic E-state index is 0.262. The van der Waals surface area contributed by atoms with E-state index in [2.05, 4.69) is 36.5 Å². The molecular weight excluding hydrogens is 284 g/mol. The van der Waals surface area contributed by atoms with Gasteiger partial charge in [-0.3, -0.25) is 4.79 Å². The van der Waals surface area contributed by atoms with Gasteiger partial charge >= 0.3 is 0 Å². The van der Waals surface area contributed by atoms with Gasteiger partial charge in [-0.15, -0.1) is 0 Å². The number of rotatable bonds is 4. The van der Waals surface area contributed by atoms with Crippen LogP contribution < -0.4 is 5.43 Å². The average Bonchev–Trinajstić information content (AvgIpc) is 2.48. The SMILES string of the molecule is CC(C)c1ccc(/C=N\NC(=O)c2ccc(Cl)cc2)cc1. The maximum atomic E-state index is 11.8. The van der Waals surface area contributed by atoms with E-state index in [9.17, 15) is 4.79 Å². The Morgan fingerprint density at radius 2 is 1.71 bits per heavy atom. The van der Waals surface area contributed by atoms with E-state index in [0.717, 1.165) is 5.56 Å². The Morgan fingerprint density at radius 1 is 1.10 bits per heavy atom. The Hall–Kier alpha value is -2.13. The molecule has 0 radical (unpaired) electrons. The normalized spacial score (nSPS) is 11.0. The van der Waals surface area contributed by atoms with Crippen molar-refractivity contribution in [2.45, 2.75) is 19.8 Å². The second-order valence-corrected chi connectivity index (χ2v) is 5.46. The van der Waals surface area contributed by atoms with E-state index in [1.807, 2.05) is 12.1 Å². The zero-order chi connectivity index (χ0) is 15.2. The molecule has 0 atom stereocenters. The number of carbonyl (C=O) groups is 1. The van der Waals surface area contributed by atoms with Gasteiger partial charge in [-0.2, -0.15) is 5.10 Å². The van der Waals surface area contributed by atoms with Gasteiger partial charge < -0.3 is 0 Å². The molecule has 0 spiro atoms. The number of hydrogen-bond donors (Lipinski definition) is 1. The molecule has 0 saturated carbocycles. The standard InChI is InChI=1S/C17H17ClN2O/c1-12(2)14-5-3-13(4-6-14)11-19-20-17(21)15-7-9-16(18)10-8-15/h3-12H,1-2H3,(H,20,21)/b19-11-. The molecular formula is C17H17ClN2O. The van der Waals surface area contributed by atoms with Crippen molar-refractivity contribution in [3.8, 4) is 0 Å². The summed E-state index contributed by atoms with van der Waals surface area (Å²) in [6.45, 7) is 4.30. The molecule has 0 saturated heterocycles. The topological polar surface area (TPSA) is 41.5 Å². The van der Waals surface area contributed by atoms with Crippen LogP contribution in [0.5, 0.6) is 0 Å². The molecule has 0 bridgehead atoms. The molecule has 21 heavy (non-hydrogen) atoms. The number of hydrogen-bond acceptors (Lipinski definition) is 2. The maximum absolute atomic E-state index is 11.8. The van der Waals surface area contributed by atoms with Crippen LogP contribution in [0.1, 0.15) is 41.3 Å². The lowest BCUT2D eigenvalue weighted by Gasteiger charge is -2.04. The van der Waals surface area contributed by atoms with Gasteiger partial charge in [-0.1, -0.05) is 49.7 Å². The van der Waals surface area contributed by atoms with Crippen LogP contribution >= 0.6 is 11.6 Å². The lowest BCUT2D eigenvalue weighted by molar-refractivity contribution is 0.0955. The summed E-state index contributed by atoms with van der Waals surface area (Å²) < 4.78 is 0. The van der Waals surface area contributed by atoms with Crippen LogP contribution in [-0.4, -0.2) is 12.1 Å². The molecule has 0 aliphatic heterocycles. The Labute approximate surface area is 129 Å². The Bertz CT molecular complexity index is 631. The van der Waals surface area contributed by atoms with Crippen LogP contribution in [0.3, 0.4) is 0 Å². The summed E-state index contributed by atoms with van der Waals surface area (Å²) in [6.07, 6.45) is 1.62. The summed E-state index contributed by atoms with van der Waals surface area (Å²) in [7, 11) is 0. The molecule has 2 aromatic rings. The van der Waals surface area contributed by atoms with E-state index in [4.69, 9.17) is 11.6 Å². The number of nitrogens with one attached hydrogen (secondary N) is 1. The van der Waals surface area contributed by atoms with Crippen LogP contribution in [0.2, 0.25) is 5.02 Å². The van der Waals surface area contributed by atoms with Crippen molar-refractivity contribution < 1.29 is 4.79 Å². The van der Waals surface area contributed by atoms with Gasteiger partial charge in [0.2, 0.25) is 0 Å². The van der Waals surface area contributed by atoms with Gasteiger partial charge in [0.15, 0.2) is 0 Å². The van der Waals surface area contributed by atoms with Crippen molar-refractivity contribution in [1.82, 2.24) is 5.43 Å². The fourth-order valence-electron chi connectivity index (χ4n) is 1.80. The fourth-order valence-corrected chi connectivity index (χ4v) is 1.92. The summed E-state index contributed by atoms with van der Waals surface area (Å²) in [5.74, 6) is 0.238. The van der Waals surface area contributed by atoms with Gasteiger partial charge in [0.25, 0.3) is 5.91 Å². The van der Waals surface area contributed by atoms with E-state index < -0.39 is 0 Å². The molecule has 0 fully saturated rings. The van der Waals surface area contributed by atoms with Gasteiger partial charge in [-0.25, -0.2) is 5.43 Å². The van der Waals surface area contributed by atoms with Gasteiger partial charge in [0.1, 0.15) is 0 Å². The molecule has 0 aliphatic rings. The monoisotopic (exact) mass is 300 g/mol. The van der Waals surface area contributed by atoms with Crippen molar-refractivity contribution in [2.75, 3.05) is 0 Å². The lowest BCUT2D eigenvalue weighted by Crippen LogP contribution is -2.17. The van der Waals surface area contributed by atoms with E-state index in [-0.39, 0.29) is 5.91 Å². The summed E-state index contributed by atoms with van der Waals surface area (Å²) >= 11 is 5.77. The quantitative estimate of drug-likeness (QED) is 0.666. The van der Waals surface area contributed by atoms with Gasteiger partial charge in [0, 0.05) is 10.6 Å². The largest absolute Gasteiger partial charge is 0.271 e. The van der Waals surface area contributed by atoms with Crippen molar-refractivity contribution in [2.24, 2.45) is 5.10 Å². The highest BCUT2D eigenvalue weighted by Gasteiger charge is 2.03. The van der Waals surface area contributed by atoms with Gasteiger partial charge in [-0.05, 0) is 41.3 Å². The van der Waals surface area contributed by atoms with Crippen molar-refractivity contribution in [3.05, 3.63) is 70.2 Å². The second-order valence-electron chi connectivity index (χ2n) is 5.03. The van der Waals surface area contributed by atoms with Crippen LogP contribution in [0, 0.1) is 0 Å². The summed E-state index contributed by atoms with van der Waals surface area (Å²) in [5.41, 5.74) is 5.23. The first-order valence-electron chi connectivity index (χ1n) is 6.75. The molecule has 0 unspecified atom stereocenters. The van der Waals surface area contributed by atoms with Gasteiger partial charge in [0.05, 0.1) is 6.21 Å². The second kappa shape index (κ2) is 7.04. The van der Waals surface area contributed by atoms with Crippen LogP contribution in [0.4, 0.5) is 0 Å². The molecule has 4 heteroatoms. The van der Waals surface area contributed by atoms with Crippen molar-refractivity contribution in [1.29, 1.82) is 0 Å². The molecule has 0 heterocycles. The fraction of sp³-hybridized carbons (Fsp3) is 0.176. The smallest absolute Gasteiger partial charge is 0.267 e. The third-order valence-corrected chi connectivity index (χ3v) is 3.34. The number of nitrogens with zero attached hydrogens (tertiary/aromatic N) is 1. The Balaban J connectivity index is 1.95. The number of halogens is 1. The summed E-state index contributed by atoms with van der Waals surface area (Å²) in [4.78, 5) is 11.8. The molecule has 1 N–H and O–H groups in total. The molecule has 2 aromatic carbocycles. The first-order chi connectivity index (χ1) is 10.1. The summed E-state index contributed by atoms with van der Waals surface area (Å²) in [6, 6.07) is 14.7. The molecule has 1 amide bonds. The minimum atomic E-state index is -0.262. The third-order valence-electron chi connectivity index (χ3n) is 3.09. The number of carbonyl (C=O) groups excluding carboxylic acids is 1. The maximum Gasteiger partial charge on any atom is 0.271 e. The highest BCUT2D eigenvalue weighted by Crippen LogP contribution is 2.14.